The van der Waals surface area contributed by atoms with Gasteiger partial charge in [-0.2, -0.15) is 0 Å². The van der Waals surface area contributed by atoms with E-state index in [0.717, 1.165) is 12.1 Å². The quantitative estimate of drug-likeness (QED) is 0.650. The highest BCUT2D eigenvalue weighted by Gasteiger charge is 2.08. The van der Waals surface area contributed by atoms with Gasteiger partial charge in [-0.1, -0.05) is 0 Å². The first-order valence-corrected chi connectivity index (χ1v) is 3.24. The second-order valence-electron chi connectivity index (χ2n) is 1.69. The number of hydrogen-bond donors (Lipinski definition) is 1. The average Bonchev–Trinajstić information content (AvgIpc) is 1.93. The Morgan fingerprint density at radius 1 is 1.30 bits per heavy atom. The number of hydrogen-bond acceptors (Lipinski definition) is 1. The minimum Gasteiger partial charge on any atom is -0.507 e. The van der Waals surface area contributed by atoms with E-state index in [1.165, 1.54) is 0 Å². The summed E-state index contributed by atoms with van der Waals surface area (Å²) in [5.74, 6) is -2.36. The lowest BCUT2D eigenvalue weighted by Gasteiger charge is -1.97. The normalized spacial score (nSPS) is 9.90. The zero-order valence-electron chi connectivity index (χ0n) is 4.74. The molecule has 0 atom stereocenters. The second kappa shape index (κ2) is 2.54. The standard InChI is InChI=1S/C6H3BrF2O/c7-5-4(10)2-1-3(8)6(5)9/h1-2,10H. The van der Waals surface area contributed by atoms with Crippen LogP contribution < -0.4 is 0 Å². The molecule has 0 aliphatic heterocycles. The number of phenols is 1. The Kier molecular flexibility index (Phi) is 1.89. The molecule has 0 aromatic heterocycles. The van der Waals surface area contributed by atoms with Crippen LogP contribution in [0.3, 0.4) is 0 Å². The van der Waals surface area contributed by atoms with Crippen LogP contribution in [0, 0.1) is 11.6 Å². The SMILES string of the molecule is Oc1ccc(F)c(F)c1Br. The van der Waals surface area contributed by atoms with Crippen LogP contribution in [0.2, 0.25) is 0 Å². The lowest BCUT2D eigenvalue weighted by molar-refractivity contribution is 0.448. The molecule has 0 bridgehead atoms. The van der Waals surface area contributed by atoms with Crippen LogP contribution >= 0.6 is 15.9 Å². The molecule has 4 heteroatoms. The van der Waals surface area contributed by atoms with Gasteiger partial charge in [-0.3, -0.25) is 0 Å². The summed E-state index contributed by atoms with van der Waals surface area (Å²) in [7, 11) is 0. The lowest BCUT2D eigenvalue weighted by Crippen LogP contribution is -1.83. The Morgan fingerprint density at radius 3 is 2.40 bits per heavy atom. The van der Waals surface area contributed by atoms with Gasteiger partial charge in [-0.05, 0) is 28.1 Å². The molecule has 54 valence electrons. The molecular weight excluding hydrogens is 206 g/mol. The maximum absolute atomic E-state index is 12.4. The monoisotopic (exact) mass is 208 g/mol. The van der Waals surface area contributed by atoms with Gasteiger partial charge in [-0.25, -0.2) is 8.78 Å². The molecule has 0 saturated carbocycles. The molecule has 0 fully saturated rings. The smallest absolute Gasteiger partial charge is 0.176 e. The largest absolute Gasteiger partial charge is 0.507 e. The van der Waals surface area contributed by atoms with Crippen molar-refractivity contribution in [2.45, 2.75) is 0 Å². The highest BCUT2D eigenvalue weighted by atomic mass is 79.9. The number of aromatic hydroxyl groups is 1. The predicted octanol–water partition coefficient (Wildman–Crippen LogP) is 2.43. The molecular formula is C6H3BrF2O. The summed E-state index contributed by atoms with van der Waals surface area (Å²) in [4.78, 5) is 0. The molecule has 1 N–H and O–H groups in total. The van der Waals surface area contributed by atoms with Crippen molar-refractivity contribution in [1.29, 1.82) is 0 Å². The first-order valence-electron chi connectivity index (χ1n) is 2.45. The zero-order chi connectivity index (χ0) is 7.72. The molecule has 1 aromatic rings. The van der Waals surface area contributed by atoms with E-state index in [4.69, 9.17) is 5.11 Å². The van der Waals surface area contributed by atoms with Gasteiger partial charge in [0.05, 0.1) is 4.47 Å². The average molecular weight is 209 g/mol. The van der Waals surface area contributed by atoms with Crippen LogP contribution in [0.1, 0.15) is 0 Å². The number of halogens is 3. The van der Waals surface area contributed by atoms with E-state index in [0.29, 0.717) is 0 Å². The summed E-state index contributed by atoms with van der Waals surface area (Å²) in [6.07, 6.45) is 0. The van der Waals surface area contributed by atoms with E-state index >= 15 is 0 Å². The topological polar surface area (TPSA) is 20.2 Å². The molecule has 0 radical (unpaired) electrons. The van der Waals surface area contributed by atoms with Crippen molar-refractivity contribution in [2.24, 2.45) is 0 Å². The zero-order valence-corrected chi connectivity index (χ0v) is 6.32. The molecule has 10 heavy (non-hydrogen) atoms. The van der Waals surface area contributed by atoms with Gasteiger partial charge in [0.2, 0.25) is 0 Å². The van der Waals surface area contributed by atoms with E-state index in [2.05, 4.69) is 15.9 Å². The molecule has 0 aliphatic rings. The van der Waals surface area contributed by atoms with E-state index in [1.807, 2.05) is 0 Å². The molecule has 0 amide bonds. The highest BCUT2D eigenvalue weighted by Crippen LogP contribution is 2.27. The Bertz CT molecular complexity index is 235. The first-order chi connectivity index (χ1) is 4.63. The van der Waals surface area contributed by atoms with Crippen LogP contribution in [0.5, 0.6) is 5.75 Å². The van der Waals surface area contributed by atoms with E-state index in [-0.39, 0.29) is 10.2 Å². The van der Waals surface area contributed by atoms with Crippen molar-refractivity contribution in [2.75, 3.05) is 0 Å². The van der Waals surface area contributed by atoms with Crippen LogP contribution in [-0.4, -0.2) is 5.11 Å². The van der Waals surface area contributed by atoms with E-state index in [1.54, 1.807) is 0 Å². The van der Waals surface area contributed by atoms with Crippen molar-refractivity contribution in [3.8, 4) is 5.75 Å². The number of phenolic OH excluding ortho intramolecular Hbond substituents is 1. The summed E-state index contributed by atoms with van der Waals surface area (Å²) in [6, 6.07) is 1.93. The van der Waals surface area contributed by atoms with Gasteiger partial charge in [-0.15, -0.1) is 0 Å². The van der Waals surface area contributed by atoms with Crippen molar-refractivity contribution < 1.29 is 13.9 Å². The molecule has 0 spiro atoms. The number of rotatable bonds is 0. The van der Waals surface area contributed by atoms with Gasteiger partial charge in [0.25, 0.3) is 0 Å². The maximum atomic E-state index is 12.4. The minimum atomic E-state index is -1.07. The van der Waals surface area contributed by atoms with Crippen molar-refractivity contribution in [3.63, 3.8) is 0 Å². The third-order valence-electron chi connectivity index (χ3n) is 1.01. The molecule has 0 aliphatic carbocycles. The summed E-state index contributed by atoms with van der Waals surface area (Å²) < 4.78 is 24.4. The second-order valence-corrected chi connectivity index (χ2v) is 2.49. The molecule has 1 rings (SSSR count). The van der Waals surface area contributed by atoms with Gasteiger partial charge >= 0.3 is 0 Å². The summed E-state index contributed by atoms with van der Waals surface area (Å²) >= 11 is 2.66. The molecule has 0 unspecified atom stereocenters. The fraction of sp³-hybridized carbons (Fsp3) is 0. The van der Waals surface area contributed by atoms with Gasteiger partial charge < -0.3 is 5.11 Å². The Balaban J connectivity index is 3.34. The van der Waals surface area contributed by atoms with Gasteiger partial charge in [0.15, 0.2) is 11.6 Å². The molecule has 1 nitrogen and oxygen atoms in total. The van der Waals surface area contributed by atoms with Crippen molar-refractivity contribution in [3.05, 3.63) is 28.2 Å². The Hall–Kier alpha value is -0.640. The third-order valence-corrected chi connectivity index (χ3v) is 1.77. The van der Waals surface area contributed by atoms with Gasteiger partial charge in [0, 0.05) is 0 Å². The summed E-state index contributed by atoms with van der Waals surface area (Å²) in [6.45, 7) is 0. The summed E-state index contributed by atoms with van der Waals surface area (Å²) in [5.41, 5.74) is 0. The van der Waals surface area contributed by atoms with E-state index in [9.17, 15) is 8.78 Å². The van der Waals surface area contributed by atoms with Crippen LogP contribution in [-0.2, 0) is 0 Å². The van der Waals surface area contributed by atoms with E-state index < -0.39 is 11.6 Å². The predicted molar refractivity (Wildman–Crippen MR) is 35.7 cm³/mol. The van der Waals surface area contributed by atoms with Crippen molar-refractivity contribution >= 4 is 15.9 Å². The first kappa shape index (κ1) is 7.47. The summed E-state index contributed by atoms with van der Waals surface area (Å²) in [5, 5.41) is 8.77. The van der Waals surface area contributed by atoms with Crippen molar-refractivity contribution in [1.82, 2.24) is 0 Å². The fourth-order valence-corrected chi connectivity index (χ4v) is 0.837. The molecule has 0 saturated heterocycles. The lowest BCUT2D eigenvalue weighted by atomic mass is 10.3. The fourth-order valence-electron chi connectivity index (χ4n) is 0.516. The minimum absolute atomic E-state index is 0.243. The molecule has 0 heterocycles. The Morgan fingerprint density at radius 2 is 1.90 bits per heavy atom. The van der Waals surface area contributed by atoms with Crippen LogP contribution in [0.4, 0.5) is 8.78 Å². The third kappa shape index (κ3) is 1.11. The van der Waals surface area contributed by atoms with Crippen LogP contribution in [0.15, 0.2) is 16.6 Å². The number of benzene rings is 1. The maximum Gasteiger partial charge on any atom is 0.176 e. The van der Waals surface area contributed by atoms with Gasteiger partial charge in [0.1, 0.15) is 5.75 Å². The van der Waals surface area contributed by atoms with Crippen LogP contribution in [0.25, 0.3) is 0 Å². The highest BCUT2D eigenvalue weighted by molar-refractivity contribution is 9.10. The molecule has 1 aromatic carbocycles. The Labute approximate surface area is 64.4 Å².